The molecule has 0 aliphatic rings. The van der Waals surface area contributed by atoms with Crippen LogP contribution in [0, 0.1) is 83.1 Å². The molecule has 0 saturated heterocycles. The molecular weight excluding hydrogens is 1180 g/mol. The van der Waals surface area contributed by atoms with Crippen molar-refractivity contribution in [3.8, 4) is 0 Å². The van der Waals surface area contributed by atoms with Crippen LogP contribution in [-0.4, -0.2) is 0 Å². The maximum absolute atomic E-state index is 2.32. The first-order valence-corrected chi connectivity index (χ1v) is 34.6. The van der Waals surface area contributed by atoms with Crippen LogP contribution in [0.15, 0.2) is 291 Å². The minimum Gasteiger partial charge on any atom is -0.0616 e. The molecule has 0 heterocycles. The summed E-state index contributed by atoms with van der Waals surface area (Å²) in [5.41, 5.74) is 16.5. The second-order valence-corrected chi connectivity index (χ2v) is 27.3. The van der Waals surface area contributed by atoms with Crippen molar-refractivity contribution in [1.82, 2.24) is 0 Å². The van der Waals surface area contributed by atoms with Crippen molar-refractivity contribution in [3.05, 3.63) is 358 Å². The van der Waals surface area contributed by atoms with E-state index in [-0.39, 0.29) is 0 Å². The Morgan fingerprint density at radius 2 is 0.449 bits per heavy atom. The number of rotatable bonds is 0. The number of benzene rings is 19. The average molecular weight is 1260 g/mol. The molecule has 0 unspecified atom stereocenters. The highest BCUT2D eigenvalue weighted by Crippen LogP contribution is 2.39. The fourth-order valence-corrected chi connectivity index (χ4v) is 14.9. The number of aryl methyl sites for hydroxylation is 12. The molecular formula is C98H84. The van der Waals surface area contributed by atoms with E-state index in [9.17, 15) is 0 Å². The molecule has 0 radical (unpaired) electrons. The maximum atomic E-state index is 2.32. The number of fused-ring (bicyclic) bond motifs is 13. The summed E-state index contributed by atoms with van der Waals surface area (Å²) in [5, 5.41) is 35.1. The van der Waals surface area contributed by atoms with Gasteiger partial charge in [-0.05, 0) is 314 Å². The van der Waals surface area contributed by atoms with Crippen molar-refractivity contribution in [3.63, 3.8) is 0 Å². The monoisotopic (exact) mass is 1260 g/mol. The minimum absolute atomic E-state index is 1.31. The van der Waals surface area contributed by atoms with E-state index in [1.165, 1.54) is 207 Å². The van der Waals surface area contributed by atoms with Crippen LogP contribution in [0.2, 0.25) is 0 Å². The van der Waals surface area contributed by atoms with Crippen molar-refractivity contribution in [2.45, 2.75) is 83.1 Å². The Kier molecular flexibility index (Phi) is 17.8. The first-order valence-electron chi connectivity index (χ1n) is 34.6. The van der Waals surface area contributed by atoms with Crippen LogP contribution in [0.5, 0.6) is 0 Å². The summed E-state index contributed by atoms with van der Waals surface area (Å²) in [5.74, 6) is 0. The summed E-state index contributed by atoms with van der Waals surface area (Å²) in [7, 11) is 0. The SMILES string of the molecule is Cc1c(C)c2ccccc2c2ccccc12.Cc1cc2cc3cc4ccccc4cc3cc2cc1C.Cc1cc2ccc3c4ccccc4ccc3c2cc1C.Cc1cc2ccc3cccc4ccc(c1C)c2c34.Cc1ccc2ccccc2c1C.Cc1cccc2cccc(C)c12. The standard InChI is InChI=1S/2C20H16.C18H14.C16H14.2C12H12/c1-13-7-17-11-19-9-15-5-3-4-6-16(15)10-20(19)12-18(17)8-14(13)2;1-13-11-16-8-10-18-17-6-4-3-5-15(17)7-9-19(18)20(16)12-14(13)2;1-11-10-15-7-6-13-4-3-5-14-8-9-16(12(11)2)18(15)17(13)14;1-11-12(2)14-8-4-6-10-16(14)15-9-5-3-7-13(11)15;1-9-5-3-7-11-8-4-6-10(2)12(9)11;1-9-7-8-11-5-3-4-6-12(11)10(9)2/h2*3-12H,1-2H3;3-10H,1-2H3;3-10H,1-2H3;2*3-8H,1-2H3. The van der Waals surface area contributed by atoms with E-state index in [2.05, 4.69) is 374 Å². The Labute approximate surface area is 577 Å². The Morgan fingerprint density at radius 1 is 0.122 bits per heavy atom. The summed E-state index contributed by atoms with van der Waals surface area (Å²) in [6.45, 7) is 26.2. The van der Waals surface area contributed by atoms with Crippen LogP contribution in [0.3, 0.4) is 0 Å². The van der Waals surface area contributed by atoms with Gasteiger partial charge in [0.05, 0.1) is 0 Å². The molecule has 0 fully saturated rings. The first kappa shape index (κ1) is 64.2. The van der Waals surface area contributed by atoms with Crippen molar-refractivity contribution in [1.29, 1.82) is 0 Å². The summed E-state index contributed by atoms with van der Waals surface area (Å²) in [6.07, 6.45) is 0. The average Bonchev–Trinajstić information content (AvgIpc) is 0.791. The zero-order valence-corrected chi connectivity index (χ0v) is 58.7. The molecule has 0 heteroatoms. The molecule has 19 aromatic rings. The van der Waals surface area contributed by atoms with Crippen LogP contribution >= 0.6 is 0 Å². The van der Waals surface area contributed by atoms with Gasteiger partial charge in [0, 0.05) is 0 Å². The molecule has 0 spiro atoms. The normalized spacial score (nSPS) is 11.3. The van der Waals surface area contributed by atoms with Crippen LogP contribution < -0.4 is 0 Å². The molecule has 19 aromatic carbocycles. The molecule has 0 saturated carbocycles. The van der Waals surface area contributed by atoms with Gasteiger partial charge in [0.25, 0.3) is 0 Å². The van der Waals surface area contributed by atoms with Crippen molar-refractivity contribution in [2.24, 2.45) is 0 Å². The highest BCUT2D eigenvalue weighted by Gasteiger charge is 2.13. The van der Waals surface area contributed by atoms with Crippen molar-refractivity contribution >= 4 is 140 Å². The zero-order chi connectivity index (χ0) is 67.9. The molecule has 0 nitrogen and oxygen atoms in total. The van der Waals surface area contributed by atoms with Gasteiger partial charge in [-0.1, -0.05) is 267 Å². The molecule has 19 rings (SSSR count). The molecule has 0 aliphatic carbocycles. The van der Waals surface area contributed by atoms with Crippen molar-refractivity contribution < 1.29 is 0 Å². The third kappa shape index (κ3) is 12.4. The molecule has 0 N–H and O–H groups in total. The van der Waals surface area contributed by atoms with Gasteiger partial charge in [-0.3, -0.25) is 0 Å². The van der Waals surface area contributed by atoms with Crippen molar-refractivity contribution in [2.75, 3.05) is 0 Å². The van der Waals surface area contributed by atoms with E-state index >= 15 is 0 Å². The Balaban J connectivity index is 0.000000102. The van der Waals surface area contributed by atoms with E-state index < -0.39 is 0 Å². The smallest absolute Gasteiger partial charge is 0.00239 e. The van der Waals surface area contributed by atoms with Crippen LogP contribution in [0.4, 0.5) is 0 Å². The highest BCUT2D eigenvalue weighted by atomic mass is 14.2. The van der Waals surface area contributed by atoms with E-state index in [4.69, 9.17) is 0 Å². The van der Waals surface area contributed by atoms with Crippen LogP contribution in [0.1, 0.15) is 66.8 Å². The Hall–Kier alpha value is -11.2. The quantitative estimate of drug-likeness (QED) is 0.105. The molecule has 0 aromatic heterocycles. The summed E-state index contributed by atoms with van der Waals surface area (Å²) >= 11 is 0. The van der Waals surface area contributed by atoms with Gasteiger partial charge in [0.2, 0.25) is 0 Å². The van der Waals surface area contributed by atoms with E-state index in [0.717, 1.165) is 0 Å². The third-order valence-electron chi connectivity index (χ3n) is 21.1. The molecule has 0 amide bonds. The number of hydrogen-bond acceptors (Lipinski definition) is 0. The largest absolute Gasteiger partial charge is 0.0616 e. The lowest BCUT2D eigenvalue weighted by atomic mass is 9.90. The summed E-state index contributed by atoms with van der Waals surface area (Å²) in [6, 6.07) is 105. The lowest BCUT2D eigenvalue weighted by molar-refractivity contribution is 1.37. The molecule has 0 atom stereocenters. The zero-order valence-electron chi connectivity index (χ0n) is 58.7. The van der Waals surface area contributed by atoms with Crippen LogP contribution in [-0.2, 0) is 0 Å². The molecule has 0 aliphatic heterocycles. The summed E-state index contributed by atoms with van der Waals surface area (Å²) < 4.78 is 0. The van der Waals surface area contributed by atoms with Gasteiger partial charge in [-0.25, -0.2) is 0 Å². The van der Waals surface area contributed by atoms with E-state index in [0.29, 0.717) is 0 Å². The number of hydrogen-bond donors (Lipinski definition) is 0. The lowest BCUT2D eigenvalue weighted by Gasteiger charge is -2.13. The van der Waals surface area contributed by atoms with Gasteiger partial charge in [-0.15, -0.1) is 0 Å². The second-order valence-electron chi connectivity index (χ2n) is 27.3. The van der Waals surface area contributed by atoms with Gasteiger partial charge in [-0.2, -0.15) is 0 Å². The minimum atomic E-state index is 1.31. The Morgan fingerprint density at radius 3 is 1.00 bits per heavy atom. The molecule has 98 heavy (non-hydrogen) atoms. The fraction of sp³-hybridized carbons (Fsp3) is 0.122. The van der Waals surface area contributed by atoms with Gasteiger partial charge in [0.15, 0.2) is 0 Å². The Bertz CT molecular complexity index is 6040. The van der Waals surface area contributed by atoms with Gasteiger partial charge < -0.3 is 0 Å². The topological polar surface area (TPSA) is 0 Å². The maximum Gasteiger partial charge on any atom is -0.00239 e. The van der Waals surface area contributed by atoms with E-state index in [1.54, 1.807) is 0 Å². The highest BCUT2D eigenvalue weighted by molar-refractivity contribution is 6.24. The predicted molar refractivity (Wildman–Crippen MR) is 434 cm³/mol. The second kappa shape index (κ2) is 27.1. The third-order valence-corrected chi connectivity index (χ3v) is 21.1. The van der Waals surface area contributed by atoms with E-state index in [1.807, 2.05) is 0 Å². The van der Waals surface area contributed by atoms with Crippen LogP contribution in [0.25, 0.3) is 140 Å². The first-order chi connectivity index (χ1) is 47.6. The fourth-order valence-electron chi connectivity index (χ4n) is 14.9. The van der Waals surface area contributed by atoms with Gasteiger partial charge >= 0.3 is 0 Å². The molecule has 476 valence electrons. The molecule has 0 bridgehead atoms. The predicted octanol–water partition coefficient (Wildman–Crippen LogP) is 28.3. The lowest BCUT2D eigenvalue weighted by Crippen LogP contribution is -1.88. The van der Waals surface area contributed by atoms with Gasteiger partial charge in [0.1, 0.15) is 0 Å². The summed E-state index contributed by atoms with van der Waals surface area (Å²) in [4.78, 5) is 0.